The zero-order chi connectivity index (χ0) is 16.9. The maximum atomic E-state index is 14.3. The van der Waals surface area contributed by atoms with Gasteiger partial charge in [0.1, 0.15) is 0 Å². The monoisotopic (exact) mass is 354 g/mol. The molecule has 1 aliphatic heterocycles. The molecule has 0 aromatic heterocycles. The van der Waals surface area contributed by atoms with Crippen molar-refractivity contribution in [1.29, 1.82) is 0 Å². The molecular weight excluding hydrogens is 339 g/mol. The van der Waals surface area contributed by atoms with Gasteiger partial charge < -0.3 is 4.57 Å². The lowest BCUT2D eigenvalue weighted by atomic mass is 10.2. The van der Waals surface area contributed by atoms with Gasteiger partial charge in [-0.1, -0.05) is 54.1 Å². The van der Waals surface area contributed by atoms with Gasteiger partial charge in [-0.15, -0.1) is 0 Å². The highest BCUT2D eigenvalue weighted by atomic mass is 32.2. The molecule has 0 bridgehead atoms. The molecule has 3 aromatic carbocycles. The third kappa shape index (κ3) is 1.97. The summed E-state index contributed by atoms with van der Waals surface area (Å²) in [6.45, 7) is 1.88. The first-order chi connectivity index (χ1) is 11.5. The van der Waals surface area contributed by atoms with Crippen LogP contribution in [0.25, 0.3) is 0 Å². The molecule has 0 saturated carbocycles. The molecule has 120 valence electrons. The van der Waals surface area contributed by atoms with Gasteiger partial charge in [0.25, 0.3) is 0 Å². The van der Waals surface area contributed by atoms with Crippen LogP contribution >= 0.6 is 7.14 Å². The van der Waals surface area contributed by atoms with E-state index in [-0.39, 0.29) is 9.79 Å². The van der Waals surface area contributed by atoms with Gasteiger partial charge in [-0.3, -0.25) is 0 Å². The molecule has 1 heterocycles. The molecule has 0 aliphatic carbocycles. The molecule has 1 atom stereocenters. The van der Waals surface area contributed by atoms with Crippen molar-refractivity contribution in [3.8, 4) is 0 Å². The van der Waals surface area contributed by atoms with Crippen LogP contribution in [-0.4, -0.2) is 8.42 Å². The Morgan fingerprint density at radius 1 is 0.750 bits per heavy atom. The van der Waals surface area contributed by atoms with Crippen LogP contribution in [0, 0.1) is 6.92 Å². The molecule has 0 amide bonds. The van der Waals surface area contributed by atoms with Gasteiger partial charge in [0, 0.05) is 15.9 Å². The van der Waals surface area contributed by atoms with Gasteiger partial charge >= 0.3 is 0 Å². The van der Waals surface area contributed by atoms with Crippen LogP contribution in [0.15, 0.2) is 82.6 Å². The van der Waals surface area contributed by atoms with E-state index < -0.39 is 17.0 Å². The van der Waals surface area contributed by atoms with Gasteiger partial charge in [-0.05, 0) is 31.2 Å². The summed E-state index contributed by atoms with van der Waals surface area (Å²) in [5, 5.41) is 1.46. The highest BCUT2D eigenvalue weighted by Crippen LogP contribution is 2.49. The fraction of sp³-hybridized carbons (Fsp3) is 0.0526. The summed E-state index contributed by atoms with van der Waals surface area (Å²) in [5.41, 5.74) is 0.888. The van der Waals surface area contributed by atoms with Crippen molar-refractivity contribution in [2.75, 3.05) is 0 Å². The second-order valence-electron chi connectivity index (χ2n) is 5.89. The van der Waals surface area contributed by atoms with E-state index in [1.165, 1.54) is 0 Å². The summed E-state index contributed by atoms with van der Waals surface area (Å²) in [6.07, 6.45) is 0. The average molecular weight is 354 g/mol. The lowest BCUT2D eigenvalue weighted by Gasteiger charge is -2.29. The van der Waals surface area contributed by atoms with Crippen molar-refractivity contribution in [2.24, 2.45) is 0 Å². The van der Waals surface area contributed by atoms with Crippen molar-refractivity contribution in [3.05, 3.63) is 78.4 Å². The number of benzene rings is 3. The number of fused-ring (bicyclic) bond motifs is 2. The molecule has 3 aromatic rings. The summed E-state index contributed by atoms with van der Waals surface area (Å²) in [7, 11) is -6.90. The van der Waals surface area contributed by atoms with Crippen molar-refractivity contribution in [1.82, 2.24) is 0 Å². The zero-order valence-corrected chi connectivity index (χ0v) is 14.7. The standard InChI is InChI=1S/C19H15O3PS/c1-14-11-12-19-17(13-14)23(20,15-7-3-2-4-8-15)16-9-5-6-10-18(16)24(19,21)22/h2-13H,1H3. The minimum Gasteiger partial charge on any atom is -0.309 e. The predicted octanol–water partition coefficient (Wildman–Crippen LogP) is 2.78. The summed E-state index contributed by atoms with van der Waals surface area (Å²) in [5.74, 6) is 0. The number of rotatable bonds is 1. The van der Waals surface area contributed by atoms with Gasteiger partial charge in [0.05, 0.1) is 9.79 Å². The Bertz CT molecular complexity index is 1100. The second-order valence-corrected chi connectivity index (χ2v) is 10.5. The highest BCUT2D eigenvalue weighted by molar-refractivity contribution is 7.96. The zero-order valence-electron chi connectivity index (χ0n) is 13.0. The normalized spacial score (nSPS) is 20.9. The van der Waals surface area contributed by atoms with Crippen LogP contribution in [0.1, 0.15) is 5.56 Å². The minimum atomic E-state index is -3.67. The number of sulfone groups is 1. The van der Waals surface area contributed by atoms with Gasteiger partial charge in [-0.25, -0.2) is 8.42 Å². The first-order valence-corrected chi connectivity index (χ1v) is 10.8. The van der Waals surface area contributed by atoms with Crippen LogP contribution in [0.2, 0.25) is 0 Å². The Labute approximate surface area is 141 Å². The topological polar surface area (TPSA) is 51.2 Å². The summed E-state index contributed by atoms with van der Waals surface area (Å²) in [6, 6.07) is 20.8. The van der Waals surface area contributed by atoms with Gasteiger partial charge in [0.2, 0.25) is 9.84 Å². The number of hydrogen-bond donors (Lipinski definition) is 0. The predicted molar refractivity (Wildman–Crippen MR) is 96.0 cm³/mol. The maximum absolute atomic E-state index is 14.3. The Kier molecular flexibility index (Phi) is 3.31. The molecule has 1 unspecified atom stereocenters. The van der Waals surface area contributed by atoms with E-state index in [2.05, 4.69) is 0 Å². The maximum Gasteiger partial charge on any atom is 0.208 e. The van der Waals surface area contributed by atoms with Gasteiger partial charge in [0.15, 0.2) is 7.14 Å². The first-order valence-electron chi connectivity index (χ1n) is 7.57. The van der Waals surface area contributed by atoms with E-state index in [0.29, 0.717) is 15.9 Å². The number of aryl methyl sites for hydroxylation is 1. The lowest BCUT2D eigenvalue weighted by Crippen LogP contribution is -2.36. The van der Waals surface area contributed by atoms with E-state index in [0.717, 1.165) is 5.56 Å². The minimum absolute atomic E-state index is 0.147. The molecule has 0 spiro atoms. The Morgan fingerprint density at radius 2 is 1.38 bits per heavy atom. The molecule has 0 fully saturated rings. The van der Waals surface area contributed by atoms with Crippen LogP contribution in [0.3, 0.4) is 0 Å². The van der Waals surface area contributed by atoms with E-state index in [4.69, 9.17) is 0 Å². The fourth-order valence-corrected chi connectivity index (χ4v) is 8.98. The van der Waals surface area contributed by atoms with Crippen molar-refractivity contribution < 1.29 is 13.0 Å². The SMILES string of the molecule is Cc1ccc2c(c1)P(=O)(c1ccccc1)c1ccccc1S2(=O)=O. The smallest absolute Gasteiger partial charge is 0.208 e. The Morgan fingerprint density at radius 3 is 2.12 bits per heavy atom. The van der Waals surface area contributed by atoms with E-state index >= 15 is 0 Å². The number of hydrogen-bond acceptors (Lipinski definition) is 3. The molecule has 3 nitrogen and oxygen atoms in total. The third-order valence-electron chi connectivity index (χ3n) is 4.36. The van der Waals surface area contributed by atoms with Crippen molar-refractivity contribution >= 4 is 32.9 Å². The molecule has 4 rings (SSSR count). The Hall–Kier alpha value is -2.16. The molecular formula is C19H15O3PS. The van der Waals surface area contributed by atoms with Crippen molar-refractivity contribution in [2.45, 2.75) is 16.7 Å². The molecule has 5 heteroatoms. The summed E-state index contributed by atoms with van der Waals surface area (Å²) < 4.78 is 40.3. The van der Waals surface area contributed by atoms with Crippen LogP contribution in [0.5, 0.6) is 0 Å². The molecule has 0 radical (unpaired) electrons. The highest BCUT2D eigenvalue weighted by Gasteiger charge is 2.43. The summed E-state index contributed by atoms with van der Waals surface area (Å²) >= 11 is 0. The van der Waals surface area contributed by atoms with Crippen molar-refractivity contribution in [3.63, 3.8) is 0 Å². The van der Waals surface area contributed by atoms with E-state index in [9.17, 15) is 13.0 Å². The van der Waals surface area contributed by atoms with Gasteiger partial charge in [-0.2, -0.15) is 0 Å². The largest absolute Gasteiger partial charge is 0.309 e. The van der Waals surface area contributed by atoms with E-state index in [1.54, 1.807) is 42.5 Å². The van der Waals surface area contributed by atoms with Crippen LogP contribution in [-0.2, 0) is 14.4 Å². The van der Waals surface area contributed by atoms with Crippen LogP contribution in [0.4, 0.5) is 0 Å². The molecule has 0 N–H and O–H groups in total. The summed E-state index contributed by atoms with van der Waals surface area (Å²) in [4.78, 5) is 0.299. The van der Waals surface area contributed by atoms with Crippen LogP contribution < -0.4 is 15.9 Å². The molecule has 1 aliphatic rings. The molecule has 0 saturated heterocycles. The van der Waals surface area contributed by atoms with E-state index in [1.807, 2.05) is 37.3 Å². The lowest BCUT2D eigenvalue weighted by molar-refractivity contribution is 0.585. The quantitative estimate of drug-likeness (QED) is 0.494. The first kappa shape index (κ1) is 15.4. The molecule has 24 heavy (non-hydrogen) atoms. The fourth-order valence-electron chi connectivity index (χ4n) is 3.21. The average Bonchev–Trinajstić information content (AvgIpc) is 2.60. The third-order valence-corrected chi connectivity index (χ3v) is 9.67. The second kappa shape index (κ2) is 5.17. The Balaban J connectivity index is 2.21.